The van der Waals surface area contributed by atoms with Crippen molar-refractivity contribution in [1.82, 2.24) is 39.3 Å². The second-order valence-electron chi connectivity index (χ2n) is 8.89. The highest BCUT2D eigenvalue weighted by Gasteiger charge is 2.27. The van der Waals surface area contributed by atoms with Gasteiger partial charge in [-0.3, -0.25) is 14.0 Å². The van der Waals surface area contributed by atoms with Gasteiger partial charge in [0.05, 0.1) is 23.3 Å². The number of fused-ring (bicyclic) bond motifs is 3. The van der Waals surface area contributed by atoms with Crippen molar-refractivity contribution in [2.45, 2.75) is 33.2 Å². The van der Waals surface area contributed by atoms with Gasteiger partial charge in [-0.05, 0) is 37.8 Å². The SMILES string of the molecule is CCn1ccc(Nc2ncc3c(n2)-c2c(nn(C)c2-c2ccc(-c4cnn(C)c4C)cc2)CC3)n1. The van der Waals surface area contributed by atoms with Gasteiger partial charge >= 0.3 is 0 Å². The van der Waals surface area contributed by atoms with Gasteiger partial charge < -0.3 is 5.32 Å². The minimum absolute atomic E-state index is 0.537. The molecule has 0 radical (unpaired) electrons. The molecule has 176 valence electrons. The third-order valence-electron chi connectivity index (χ3n) is 6.76. The maximum atomic E-state index is 4.93. The topological polar surface area (TPSA) is 91.3 Å². The minimum Gasteiger partial charge on any atom is -0.307 e. The number of aryl methyl sites for hydroxylation is 5. The van der Waals surface area contributed by atoms with E-state index in [-0.39, 0.29) is 0 Å². The van der Waals surface area contributed by atoms with Crippen LogP contribution in [0, 0.1) is 6.92 Å². The van der Waals surface area contributed by atoms with Crippen LogP contribution in [0.2, 0.25) is 0 Å². The van der Waals surface area contributed by atoms with Crippen LogP contribution < -0.4 is 5.32 Å². The number of nitrogens with zero attached hydrogens (tertiary/aromatic N) is 8. The lowest BCUT2D eigenvalue weighted by Gasteiger charge is -2.17. The van der Waals surface area contributed by atoms with Gasteiger partial charge in [0.2, 0.25) is 5.95 Å². The van der Waals surface area contributed by atoms with Gasteiger partial charge in [0.1, 0.15) is 0 Å². The Labute approximate surface area is 203 Å². The first kappa shape index (κ1) is 21.3. The van der Waals surface area contributed by atoms with Crippen molar-refractivity contribution in [3.05, 3.63) is 65.9 Å². The van der Waals surface area contributed by atoms with E-state index in [9.17, 15) is 0 Å². The molecule has 6 rings (SSSR count). The molecule has 0 aliphatic heterocycles. The van der Waals surface area contributed by atoms with Crippen LogP contribution in [-0.2, 0) is 33.5 Å². The molecular formula is C26H27N9. The Balaban J connectivity index is 1.39. The highest BCUT2D eigenvalue weighted by atomic mass is 15.3. The molecular weight excluding hydrogens is 438 g/mol. The highest BCUT2D eigenvalue weighted by molar-refractivity contribution is 5.85. The Kier molecular flexibility index (Phi) is 4.98. The molecule has 35 heavy (non-hydrogen) atoms. The Morgan fingerprint density at radius 2 is 1.74 bits per heavy atom. The highest BCUT2D eigenvalue weighted by Crippen LogP contribution is 2.40. The summed E-state index contributed by atoms with van der Waals surface area (Å²) in [6.07, 6.45) is 7.54. The summed E-state index contributed by atoms with van der Waals surface area (Å²) in [7, 11) is 3.97. The monoisotopic (exact) mass is 465 g/mol. The third kappa shape index (κ3) is 3.60. The Bertz CT molecular complexity index is 1540. The number of aromatic nitrogens is 8. The predicted octanol–water partition coefficient (Wildman–Crippen LogP) is 4.31. The van der Waals surface area contributed by atoms with Crippen LogP contribution in [0.4, 0.5) is 11.8 Å². The Morgan fingerprint density at radius 3 is 2.46 bits per heavy atom. The average molecular weight is 466 g/mol. The molecule has 0 atom stereocenters. The summed E-state index contributed by atoms with van der Waals surface area (Å²) in [5, 5.41) is 17.0. The maximum Gasteiger partial charge on any atom is 0.228 e. The number of hydrogen-bond acceptors (Lipinski definition) is 6. The fraction of sp³-hybridized carbons (Fsp3) is 0.269. The Hall–Kier alpha value is -4.27. The van der Waals surface area contributed by atoms with E-state index in [4.69, 9.17) is 10.1 Å². The molecule has 0 amide bonds. The zero-order chi connectivity index (χ0) is 24.1. The zero-order valence-electron chi connectivity index (χ0n) is 20.3. The summed E-state index contributed by atoms with van der Waals surface area (Å²) in [6, 6.07) is 10.5. The molecule has 0 bridgehead atoms. The van der Waals surface area contributed by atoms with Crippen LogP contribution in [0.25, 0.3) is 33.6 Å². The van der Waals surface area contributed by atoms with Gasteiger partial charge in [-0.2, -0.15) is 15.3 Å². The largest absolute Gasteiger partial charge is 0.307 e. The van der Waals surface area contributed by atoms with Crippen molar-refractivity contribution in [2.75, 3.05) is 5.32 Å². The molecule has 1 aromatic carbocycles. The Morgan fingerprint density at radius 1 is 0.943 bits per heavy atom. The fourth-order valence-electron chi connectivity index (χ4n) is 4.76. The second kappa shape index (κ2) is 8.19. The van der Waals surface area contributed by atoms with E-state index in [1.807, 2.05) is 52.8 Å². The molecule has 4 aromatic heterocycles. The van der Waals surface area contributed by atoms with Crippen LogP contribution in [0.3, 0.4) is 0 Å². The number of rotatable bonds is 5. The van der Waals surface area contributed by atoms with Gasteiger partial charge in [0, 0.05) is 61.5 Å². The van der Waals surface area contributed by atoms with Gasteiger partial charge in [0.15, 0.2) is 5.82 Å². The molecule has 0 fully saturated rings. The number of nitrogens with one attached hydrogen (secondary N) is 1. The van der Waals surface area contributed by atoms with Gasteiger partial charge in [0.25, 0.3) is 0 Å². The molecule has 0 spiro atoms. The average Bonchev–Trinajstić information content (AvgIpc) is 3.56. The van der Waals surface area contributed by atoms with Gasteiger partial charge in [-0.25, -0.2) is 9.97 Å². The van der Waals surface area contributed by atoms with Crippen molar-refractivity contribution >= 4 is 11.8 Å². The number of benzene rings is 1. The molecule has 1 aliphatic rings. The first-order valence-corrected chi connectivity index (χ1v) is 11.8. The van der Waals surface area contributed by atoms with E-state index in [2.05, 4.69) is 58.6 Å². The molecule has 9 heteroatoms. The van der Waals surface area contributed by atoms with E-state index < -0.39 is 0 Å². The van der Waals surface area contributed by atoms with Crippen LogP contribution >= 0.6 is 0 Å². The summed E-state index contributed by atoms with van der Waals surface area (Å²) in [6.45, 7) is 4.96. The summed E-state index contributed by atoms with van der Waals surface area (Å²) in [4.78, 5) is 9.48. The normalized spacial score (nSPS) is 12.5. The van der Waals surface area contributed by atoms with E-state index in [0.29, 0.717) is 5.95 Å². The van der Waals surface area contributed by atoms with Crippen LogP contribution in [0.15, 0.2) is 48.9 Å². The third-order valence-corrected chi connectivity index (χ3v) is 6.76. The summed E-state index contributed by atoms with van der Waals surface area (Å²) < 4.78 is 5.74. The summed E-state index contributed by atoms with van der Waals surface area (Å²) >= 11 is 0. The first-order valence-electron chi connectivity index (χ1n) is 11.8. The number of hydrogen-bond donors (Lipinski definition) is 1. The maximum absolute atomic E-state index is 4.93. The molecule has 1 N–H and O–H groups in total. The molecule has 0 unspecified atom stereocenters. The smallest absolute Gasteiger partial charge is 0.228 e. The lowest BCUT2D eigenvalue weighted by Crippen LogP contribution is -2.08. The molecule has 5 aromatic rings. The van der Waals surface area contributed by atoms with E-state index in [1.54, 1.807) is 0 Å². The standard InChI is InChI=1S/C26H27N9/c1-5-35-13-12-22(32-35)29-26-27-14-19-10-11-21-23(24(19)30-26)25(34(4)31-21)18-8-6-17(7-9-18)20-15-28-33(3)16(20)2/h6-9,12-15H,5,10-11H2,1-4H3,(H,27,29,30,32). The lowest BCUT2D eigenvalue weighted by atomic mass is 9.91. The van der Waals surface area contributed by atoms with Crippen molar-refractivity contribution in [3.63, 3.8) is 0 Å². The zero-order valence-corrected chi connectivity index (χ0v) is 20.3. The van der Waals surface area contributed by atoms with Crippen LogP contribution in [-0.4, -0.2) is 39.3 Å². The number of anilines is 2. The van der Waals surface area contributed by atoms with E-state index >= 15 is 0 Å². The van der Waals surface area contributed by atoms with Crippen molar-refractivity contribution < 1.29 is 0 Å². The lowest BCUT2D eigenvalue weighted by molar-refractivity contribution is 0.662. The molecule has 0 saturated heterocycles. The minimum atomic E-state index is 0.537. The quantitative estimate of drug-likeness (QED) is 0.416. The molecule has 0 saturated carbocycles. The fourth-order valence-corrected chi connectivity index (χ4v) is 4.76. The molecule has 1 aliphatic carbocycles. The second-order valence-corrected chi connectivity index (χ2v) is 8.89. The summed E-state index contributed by atoms with van der Waals surface area (Å²) in [5.41, 5.74) is 9.84. The van der Waals surface area contributed by atoms with E-state index in [0.717, 1.165) is 75.8 Å². The molecule has 9 nitrogen and oxygen atoms in total. The molecule has 4 heterocycles. The first-order chi connectivity index (χ1) is 17.0. The van der Waals surface area contributed by atoms with Crippen molar-refractivity contribution in [3.8, 4) is 33.6 Å². The predicted molar refractivity (Wildman–Crippen MR) is 135 cm³/mol. The van der Waals surface area contributed by atoms with Crippen LogP contribution in [0.1, 0.15) is 23.9 Å². The van der Waals surface area contributed by atoms with Gasteiger partial charge in [-0.15, -0.1) is 0 Å². The van der Waals surface area contributed by atoms with Gasteiger partial charge in [-0.1, -0.05) is 24.3 Å². The van der Waals surface area contributed by atoms with Crippen LogP contribution in [0.5, 0.6) is 0 Å². The van der Waals surface area contributed by atoms with Crippen molar-refractivity contribution in [1.29, 1.82) is 0 Å². The summed E-state index contributed by atoms with van der Waals surface area (Å²) in [5.74, 6) is 1.27. The van der Waals surface area contributed by atoms with Crippen molar-refractivity contribution in [2.24, 2.45) is 14.1 Å². The van der Waals surface area contributed by atoms with E-state index in [1.165, 1.54) is 0 Å².